The first-order valence-corrected chi connectivity index (χ1v) is 11.3. The van der Waals surface area contributed by atoms with Gasteiger partial charge in [-0.1, -0.05) is 13.3 Å². The van der Waals surface area contributed by atoms with E-state index in [1.54, 1.807) is 9.80 Å². The molecule has 1 unspecified atom stereocenters. The maximum absolute atomic E-state index is 12.7. The number of ether oxygens (including phenoxy) is 1. The zero-order valence-corrected chi connectivity index (χ0v) is 19.1. The molecule has 0 aliphatic carbocycles. The number of carbonyl (C=O) groups excluding carboxylic acids is 3. The van der Waals surface area contributed by atoms with Crippen molar-refractivity contribution in [3.05, 3.63) is 0 Å². The molecule has 0 spiro atoms. The summed E-state index contributed by atoms with van der Waals surface area (Å²) in [4.78, 5) is 52.0. The van der Waals surface area contributed by atoms with E-state index in [-0.39, 0.29) is 36.7 Å². The summed E-state index contributed by atoms with van der Waals surface area (Å²) in [5.41, 5.74) is 1.93. The van der Waals surface area contributed by atoms with Crippen molar-refractivity contribution in [1.29, 1.82) is 0 Å². The molecule has 10 nitrogen and oxygen atoms in total. The molecule has 3 fully saturated rings. The average molecular weight is 441 g/mol. The monoisotopic (exact) mass is 440 g/mol. The second-order valence-electron chi connectivity index (χ2n) is 9.44. The predicted molar refractivity (Wildman–Crippen MR) is 112 cm³/mol. The van der Waals surface area contributed by atoms with Gasteiger partial charge in [0.25, 0.3) is 5.91 Å². The standard InChI is InChI=1S/C21H36N4O6/c1-5-6-12-30-25-15-9-10-17(24(13-15)19(25)27)18(26)22-29-14-16-8-7-11-23(16)20(28)31-21(2,3)4/h15-17H,5-14H2,1-4H3,(H,22,26)/t15?,16-,17+/m1/s1. The van der Waals surface area contributed by atoms with Crippen molar-refractivity contribution < 1.29 is 28.8 Å². The number of likely N-dealkylation sites (tertiary alicyclic amines) is 1. The molecule has 2 bridgehead atoms. The largest absolute Gasteiger partial charge is 0.444 e. The van der Waals surface area contributed by atoms with E-state index in [1.165, 1.54) is 5.06 Å². The van der Waals surface area contributed by atoms with Crippen LogP contribution in [-0.4, -0.2) is 82.9 Å². The predicted octanol–water partition coefficient (Wildman–Crippen LogP) is 2.43. The average Bonchev–Trinajstić information content (AvgIpc) is 3.26. The summed E-state index contributed by atoms with van der Waals surface area (Å²) < 4.78 is 5.45. The van der Waals surface area contributed by atoms with Crippen LogP contribution in [-0.2, 0) is 19.2 Å². The van der Waals surface area contributed by atoms with Crippen molar-refractivity contribution in [2.45, 2.75) is 89.9 Å². The van der Waals surface area contributed by atoms with E-state index in [0.717, 1.165) is 25.7 Å². The molecule has 0 saturated carbocycles. The zero-order chi connectivity index (χ0) is 22.6. The topological polar surface area (TPSA) is 101 Å². The molecule has 31 heavy (non-hydrogen) atoms. The van der Waals surface area contributed by atoms with Crippen molar-refractivity contribution in [2.75, 3.05) is 26.3 Å². The number of nitrogens with one attached hydrogen (secondary N) is 1. The van der Waals surface area contributed by atoms with Crippen molar-refractivity contribution in [3.8, 4) is 0 Å². The zero-order valence-electron chi connectivity index (χ0n) is 19.1. The van der Waals surface area contributed by atoms with E-state index in [0.29, 0.717) is 32.5 Å². The molecule has 0 aromatic rings. The molecule has 3 saturated heterocycles. The van der Waals surface area contributed by atoms with Crippen molar-refractivity contribution >= 4 is 18.0 Å². The molecule has 3 aliphatic rings. The number of rotatable bonds is 8. The number of fused-ring (bicyclic) bond motifs is 2. The van der Waals surface area contributed by atoms with E-state index in [1.807, 2.05) is 20.8 Å². The van der Waals surface area contributed by atoms with Crippen LogP contribution < -0.4 is 5.48 Å². The summed E-state index contributed by atoms with van der Waals surface area (Å²) in [6.07, 6.45) is 4.43. The Morgan fingerprint density at radius 1 is 1.19 bits per heavy atom. The van der Waals surface area contributed by atoms with Crippen LogP contribution in [0.5, 0.6) is 0 Å². The maximum Gasteiger partial charge on any atom is 0.410 e. The lowest BCUT2D eigenvalue weighted by Crippen LogP contribution is -2.50. The van der Waals surface area contributed by atoms with Crippen LogP contribution in [0, 0.1) is 0 Å². The van der Waals surface area contributed by atoms with E-state index < -0.39 is 11.6 Å². The van der Waals surface area contributed by atoms with Crippen molar-refractivity contribution in [2.24, 2.45) is 0 Å². The Labute approximate surface area is 184 Å². The number of piperidine rings is 1. The minimum atomic E-state index is -0.575. The molecular formula is C21H36N4O6. The van der Waals surface area contributed by atoms with Gasteiger partial charge in [0.2, 0.25) is 0 Å². The molecule has 4 amide bonds. The van der Waals surface area contributed by atoms with Gasteiger partial charge < -0.3 is 14.5 Å². The molecule has 0 aromatic heterocycles. The van der Waals surface area contributed by atoms with E-state index in [9.17, 15) is 14.4 Å². The summed E-state index contributed by atoms with van der Waals surface area (Å²) in [5.74, 6) is -0.343. The molecule has 3 heterocycles. The van der Waals surface area contributed by atoms with Crippen LogP contribution in [0.4, 0.5) is 9.59 Å². The van der Waals surface area contributed by atoms with E-state index >= 15 is 0 Å². The number of unbranched alkanes of at least 4 members (excludes halogenated alkanes) is 1. The van der Waals surface area contributed by atoms with E-state index in [4.69, 9.17) is 14.4 Å². The lowest BCUT2D eigenvalue weighted by Gasteiger charge is -2.30. The quantitative estimate of drug-likeness (QED) is 0.460. The number of amides is 4. The van der Waals surface area contributed by atoms with Gasteiger partial charge in [-0.25, -0.2) is 15.1 Å². The molecular weight excluding hydrogens is 404 g/mol. The van der Waals surface area contributed by atoms with Gasteiger partial charge in [-0.05, 0) is 52.9 Å². The third-order valence-electron chi connectivity index (χ3n) is 5.81. The maximum atomic E-state index is 12.7. The van der Waals surface area contributed by atoms with Crippen LogP contribution >= 0.6 is 0 Å². The van der Waals surface area contributed by atoms with E-state index in [2.05, 4.69) is 12.4 Å². The van der Waals surface area contributed by atoms with Crippen molar-refractivity contribution in [3.63, 3.8) is 0 Å². The first kappa shape index (κ1) is 23.6. The van der Waals surface area contributed by atoms with Gasteiger partial charge in [0.05, 0.1) is 25.3 Å². The van der Waals surface area contributed by atoms with Gasteiger partial charge in [-0.2, -0.15) is 5.06 Å². The highest BCUT2D eigenvalue weighted by Gasteiger charge is 2.48. The Balaban J connectivity index is 1.46. The molecule has 176 valence electrons. The molecule has 0 aromatic carbocycles. The highest BCUT2D eigenvalue weighted by molar-refractivity contribution is 5.88. The molecule has 1 N–H and O–H groups in total. The Kier molecular flexibility index (Phi) is 7.64. The molecule has 0 radical (unpaired) electrons. The highest BCUT2D eigenvalue weighted by Crippen LogP contribution is 2.30. The highest BCUT2D eigenvalue weighted by atomic mass is 16.7. The summed E-state index contributed by atoms with van der Waals surface area (Å²) in [7, 11) is 0. The fourth-order valence-corrected chi connectivity index (χ4v) is 4.22. The van der Waals surface area contributed by atoms with Gasteiger partial charge >= 0.3 is 12.1 Å². The number of urea groups is 1. The van der Waals surface area contributed by atoms with Crippen molar-refractivity contribution in [1.82, 2.24) is 20.3 Å². The third kappa shape index (κ3) is 5.79. The Morgan fingerprint density at radius 2 is 1.97 bits per heavy atom. The molecule has 3 aliphatic heterocycles. The summed E-state index contributed by atoms with van der Waals surface area (Å²) in [6, 6.07) is -0.989. The number of hydroxylamine groups is 3. The number of nitrogens with zero attached hydrogens (tertiary/aromatic N) is 3. The summed E-state index contributed by atoms with van der Waals surface area (Å²) in [5, 5.41) is 1.43. The number of hydrogen-bond donors (Lipinski definition) is 1. The number of hydrogen-bond acceptors (Lipinski definition) is 6. The van der Waals surface area contributed by atoms with Gasteiger partial charge in [0, 0.05) is 13.1 Å². The van der Waals surface area contributed by atoms with Crippen LogP contribution in [0.1, 0.15) is 66.2 Å². The van der Waals surface area contributed by atoms with Crippen LogP contribution in [0.2, 0.25) is 0 Å². The number of carbonyl (C=O) groups is 3. The molecule has 3 atom stereocenters. The summed E-state index contributed by atoms with van der Waals surface area (Å²) in [6.45, 7) is 9.33. The third-order valence-corrected chi connectivity index (χ3v) is 5.81. The van der Waals surface area contributed by atoms with Crippen LogP contribution in [0.3, 0.4) is 0 Å². The van der Waals surface area contributed by atoms with Crippen LogP contribution in [0.25, 0.3) is 0 Å². The smallest absolute Gasteiger partial charge is 0.410 e. The first-order chi connectivity index (χ1) is 14.7. The molecule has 3 rings (SSSR count). The second kappa shape index (κ2) is 10.0. The van der Waals surface area contributed by atoms with Crippen LogP contribution in [0.15, 0.2) is 0 Å². The lowest BCUT2D eigenvalue weighted by molar-refractivity contribution is -0.140. The molecule has 10 heteroatoms. The Bertz CT molecular complexity index is 667. The second-order valence-corrected chi connectivity index (χ2v) is 9.44. The normalized spacial score (nSPS) is 25.9. The minimum absolute atomic E-state index is 0.00444. The fraction of sp³-hybridized carbons (Fsp3) is 0.857. The van der Waals surface area contributed by atoms with Gasteiger partial charge in [-0.3, -0.25) is 14.5 Å². The van der Waals surface area contributed by atoms with Gasteiger partial charge in [-0.15, -0.1) is 0 Å². The Hall–Kier alpha value is -2.07. The minimum Gasteiger partial charge on any atom is -0.444 e. The van der Waals surface area contributed by atoms with Gasteiger partial charge in [0.1, 0.15) is 11.6 Å². The SMILES string of the molecule is CCCCON1C(=O)N2CC1CC[C@H]2C(=O)NOC[C@H]1CCCN1C(=O)OC(C)(C)C. The lowest BCUT2D eigenvalue weighted by atomic mass is 10.0. The van der Waals surface area contributed by atoms with Gasteiger partial charge in [0.15, 0.2) is 0 Å². The fourth-order valence-electron chi connectivity index (χ4n) is 4.22. The Morgan fingerprint density at radius 3 is 2.68 bits per heavy atom. The summed E-state index contributed by atoms with van der Waals surface area (Å²) >= 11 is 0. The first-order valence-electron chi connectivity index (χ1n) is 11.3.